The molecule has 0 spiro atoms. The lowest BCUT2D eigenvalue weighted by molar-refractivity contribution is -0.141. The van der Waals surface area contributed by atoms with Gasteiger partial charge in [-0.3, -0.25) is 14.3 Å². The van der Waals surface area contributed by atoms with E-state index in [0.717, 1.165) is 16.8 Å². The fraction of sp³-hybridized carbons (Fsp3) is 0.421. The summed E-state index contributed by atoms with van der Waals surface area (Å²) in [6.45, 7) is 5.13. The van der Waals surface area contributed by atoms with Gasteiger partial charge in [-0.05, 0) is 31.0 Å². The van der Waals surface area contributed by atoms with Crippen molar-refractivity contribution in [3.05, 3.63) is 53.3 Å². The Morgan fingerprint density at radius 2 is 1.96 bits per heavy atom. The second-order valence-electron chi connectivity index (χ2n) is 6.68. The predicted octanol–water partition coefficient (Wildman–Crippen LogP) is 2.22. The normalized spacial score (nSPS) is 20.0. The lowest BCUT2D eigenvalue weighted by Gasteiger charge is -2.18. The molecule has 1 N–H and O–H groups in total. The Bertz CT molecular complexity index is 784. The fourth-order valence-corrected chi connectivity index (χ4v) is 3.53. The van der Waals surface area contributed by atoms with E-state index in [9.17, 15) is 14.7 Å². The van der Waals surface area contributed by atoms with Crippen molar-refractivity contribution in [1.29, 1.82) is 0 Å². The van der Waals surface area contributed by atoms with Crippen molar-refractivity contribution in [1.82, 2.24) is 14.7 Å². The summed E-state index contributed by atoms with van der Waals surface area (Å²) in [5.41, 5.74) is 3.01. The molecule has 2 heterocycles. The van der Waals surface area contributed by atoms with E-state index in [-0.39, 0.29) is 18.4 Å². The Kier molecular flexibility index (Phi) is 4.88. The van der Waals surface area contributed by atoms with E-state index in [1.54, 1.807) is 9.58 Å². The van der Waals surface area contributed by atoms with Crippen LogP contribution in [0.3, 0.4) is 0 Å². The van der Waals surface area contributed by atoms with Crippen molar-refractivity contribution in [2.24, 2.45) is 5.92 Å². The third-order valence-corrected chi connectivity index (χ3v) is 4.91. The molecule has 1 aliphatic heterocycles. The molecule has 25 heavy (non-hydrogen) atoms. The summed E-state index contributed by atoms with van der Waals surface area (Å²) in [5, 5.41) is 13.9. The first kappa shape index (κ1) is 17.2. The minimum atomic E-state index is -0.841. The van der Waals surface area contributed by atoms with Gasteiger partial charge in [0, 0.05) is 38.2 Å². The third kappa shape index (κ3) is 3.73. The van der Waals surface area contributed by atoms with Crippen LogP contribution in [-0.2, 0) is 16.1 Å². The zero-order valence-corrected chi connectivity index (χ0v) is 14.6. The van der Waals surface area contributed by atoms with Crippen molar-refractivity contribution in [2.75, 3.05) is 13.1 Å². The van der Waals surface area contributed by atoms with Gasteiger partial charge in [0.15, 0.2) is 0 Å². The molecular weight excluding hydrogens is 318 g/mol. The van der Waals surface area contributed by atoms with E-state index in [0.29, 0.717) is 19.5 Å². The summed E-state index contributed by atoms with van der Waals surface area (Å²) in [7, 11) is 0. The lowest BCUT2D eigenvalue weighted by atomic mass is 9.86. The first-order valence-electron chi connectivity index (χ1n) is 8.52. The highest BCUT2D eigenvalue weighted by molar-refractivity contribution is 5.79. The van der Waals surface area contributed by atoms with Crippen LogP contribution in [0.4, 0.5) is 0 Å². The zero-order chi connectivity index (χ0) is 18.0. The summed E-state index contributed by atoms with van der Waals surface area (Å²) in [4.78, 5) is 25.9. The van der Waals surface area contributed by atoms with E-state index in [4.69, 9.17) is 0 Å². The van der Waals surface area contributed by atoms with Gasteiger partial charge in [0.25, 0.3) is 0 Å². The largest absolute Gasteiger partial charge is 0.481 e. The molecule has 0 unspecified atom stereocenters. The van der Waals surface area contributed by atoms with Gasteiger partial charge >= 0.3 is 5.97 Å². The minimum Gasteiger partial charge on any atom is -0.481 e. The number of carboxylic acid groups (broad SMARTS) is 1. The second-order valence-corrected chi connectivity index (χ2v) is 6.68. The van der Waals surface area contributed by atoms with E-state index in [1.165, 1.54) is 0 Å². The number of hydrogen-bond acceptors (Lipinski definition) is 3. The molecule has 6 heteroatoms. The van der Waals surface area contributed by atoms with Crippen LogP contribution in [0, 0.1) is 19.8 Å². The van der Waals surface area contributed by atoms with Crippen molar-refractivity contribution in [3.63, 3.8) is 0 Å². The Morgan fingerprint density at radius 1 is 1.20 bits per heavy atom. The van der Waals surface area contributed by atoms with Crippen LogP contribution in [0.5, 0.6) is 0 Å². The number of benzene rings is 1. The Hall–Kier alpha value is -2.63. The zero-order valence-electron chi connectivity index (χ0n) is 14.6. The molecule has 2 aromatic rings. The third-order valence-electron chi connectivity index (χ3n) is 4.91. The molecule has 0 aliphatic carbocycles. The average molecular weight is 341 g/mol. The summed E-state index contributed by atoms with van der Waals surface area (Å²) in [5.74, 6) is -1.58. The van der Waals surface area contributed by atoms with Crippen LogP contribution in [0.2, 0.25) is 0 Å². The number of nitrogens with zero attached hydrogens (tertiary/aromatic N) is 3. The van der Waals surface area contributed by atoms with Crippen LogP contribution in [0.1, 0.15) is 29.2 Å². The van der Waals surface area contributed by atoms with E-state index < -0.39 is 11.9 Å². The van der Waals surface area contributed by atoms with Gasteiger partial charge in [-0.2, -0.15) is 5.10 Å². The quantitative estimate of drug-likeness (QED) is 0.905. The predicted molar refractivity (Wildman–Crippen MR) is 93.2 cm³/mol. The van der Waals surface area contributed by atoms with E-state index in [2.05, 4.69) is 5.10 Å². The summed E-state index contributed by atoms with van der Waals surface area (Å²) in [6, 6.07) is 9.72. The highest BCUT2D eigenvalue weighted by Crippen LogP contribution is 2.34. The van der Waals surface area contributed by atoms with Crippen molar-refractivity contribution in [3.8, 4) is 0 Å². The van der Waals surface area contributed by atoms with Gasteiger partial charge in [-0.25, -0.2) is 0 Å². The number of carbonyl (C=O) groups is 2. The van der Waals surface area contributed by atoms with Crippen LogP contribution in [-0.4, -0.2) is 44.8 Å². The topological polar surface area (TPSA) is 75.4 Å². The van der Waals surface area contributed by atoms with E-state index >= 15 is 0 Å². The first-order valence-corrected chi connectivity index (χ1v) is 8.52. The molecule has 1 aliphatic rings. The highest BCUT2D eigenvalue weighted by atomic mass is 16.4. The monoisotopic (exact) mass is 341 g/mol. The Morgan fingerprint density at radius 3 is 2.60 bits per heavy atom. The Labute approximate surface area is 147 Å². The summed E-state index contributed by atoms with van der Waals surface area (Å²) < 4.78 is 1.75. The fourth-order valence-electron chi connectivity index (χ4n) is 3.53. The molecule has 1 amide bonds. The minimum absolute atomic E-state index is 0.0181. The summed E-state index contributed by atoms with van der Waals surface area (Å²) >= 11 is 0. The second kappa shape index (κ2) is 7.09. The standard InChI is InChI=1S/C19H23N3O3/c1-13-5-3-4-6-15(13)16-11-21(12-17(16)19(24)25)18(23)8-10-22-9-7-14(2)20-22/h3-7,9,16-17H,8,10-12H2,1-2H3,(H,24,25)/t16-,17+/m0/s1. The molecule has 1 aromatic heterocycles. The van der Waals surface area contributed by atoms with Gasteiger partial charge in [0.1, 0.15) is 0 Å². The van der Waals surface area contributed by atoms with Gasteiger partial charge < -0.3 is 10.0 Å². The smallest absolute Gasteiger partial charge is 0.308 e. The highest BCUT2D eigenvalue weighted by Gasteiger charge is 2.40. The SMILES string of the molecule is Cc1ccn(CCC(=O)N2C[C@@H](C(=O)O)[C@H](c3ccccc3C)C2)n1. The Balaban J connectivity index is 1.70. The lowest BCUT2D eigenvalue weighted by Crippen LogP contribution is -2.30. The van der Waals surface area contributed by atoms with Gasteiger partial charge in [-0.15, -0.1) is 0 Å². The van der Waals surface area contributed by atoms with Crippen LogP contribution < -0.4 is 0 Å². The molecule has 1 saturated heterocycles. The average Bonchev–Trinajstić information content (AvgIpc) is 3.19. The van der Waals surface area contributed by atoms with E-state index in [1.807, 2.05) is 50.4 Å². The van der Waals surface area contributed by atoms with Crippen molar-refractivity contribution >= 4 is 11.9 Å². The van der Waals surface area contributed by atoms with Gasteiger partial charge in [-0.1, -0.05) is 24.3 Å². The van der Waals surface area contributed by atoms with Gasteiger partial charge in [0.2, 0.25) is 5.91 Å². The molecule has 6 nitrogen and oxygen atoms in total. The number of aliphatic carboxylic acids is 1. The van der Waals surface area contributed by atoms with Crippen molar-refractivity contribution in [2.45, 2.75) is 32.7 Å². The maximum absolute atomic E-state index is 12.5. The molecule has 0 radical (unpaired) electrons. The maximum Gasteiger partial charge on any atom is 0.308 e. The number of carbonyl (C=O) groups excluding carboxylic acids is 1. The molecule has 1 aromatic carbocycles. The first-order chi connectivity index (χ1) is 12.0. The van der Waals surface area contributed by atoms with Crippen LogP contribution >= 0.6 is 0 Å². The molecule has 2 atom stereocenters. The molecule has 1 fully saturated rings. The number of rotatable bonds is 5. The van der Waals surface area contributed by atoms with Crippen molar-refractivity contribution < 1.29 is 14.7 Å². The number of carboxylic acids is 1. The molecule has 0 saturated carbocycles. The van der Waals surface area contributed by atoms with Gasteiger partial charge in [0.05, 0.1) is 11.6 Å². The molecule has 132 valence electrons. The van der Waals surface area contributed by atoms with Crippen LogP contribution in [0.15, 0.2) is 36.5 Å². The summed E-state index contributed by atoms with van der Waals surface area (Å²) in [6.07, 6.45) is 2.18. The number of aryl methyl sites for hydroxylation is 3. The number of aromatic nitrogens is 2. The number of hydrogen-bond donors (Lipinski definition) is 1. The van der Waals surface area contributed by atoms with Crippen LogP contribution in [0.25, 0.3) is 0 Å². The number of amides is 1. The maximum atomic E-state index is 12.5. The molecular formula is C19H23N3O3. The molecule has 3 rings (SSSR count). The number of likely N-dealkylation sites (tertiary alicyclic amines) is 1. The molecule has 0 bridgehead atoms.